The van der Waals surface area contributed by atoms with Crippen LogP contribution in [0.5, 0.6) is 0 Å². The molecule has 0 N–H and O–H groups in total. The van der Waals surface area contributed by atoms with E-state index in [1.807, 2.05) is 24.3 Å². The highest BCUT2D eigenvalue weighted by atomic mass is 32.1. The van der Waals surface area contributed by atoms with Crippen LogP contribution in [0.2, 0.25) is 0 Å². The predicted octanol–water partition coefficient (Wildman–Crippen LogP) is 11.8. The van der Waals surface area contributed by atoms with Crippen molar-refractivity contribution < 1.29 is 0 Å². The van der Waals surface area contributed by atoms with Gasteiger partial charge < -0.3 is 0 Å². The second-order valence-corrected chi connectivity index (χ2v) is 15.1. The molecule has 6 heteroatoms. The van der Waals surface area contributed by atoms with Crippen LogP contribution in [0, 0.1) is 0 Å². The van der Waals surface area contributed by atoms with Crippen molar-refractivity contribution in [3.8, 4) is 55.9 Å². The molecule has 0 saturated carbocycles. The Kier molecular flexibility index (Phi) is 6.23. The van der Waals surface area contributed by atoms with E-state index in [2.05, 4.69) is 123 Å². The standard InChI is InChI=1S/C43H28N4S2/c1-43(2)32-22-23-34-38(49-42(44-34)26-14-7-4-8-15-26)36(32)30-21-20-27(24-33(30)43)40-45-39(25-12-5-3-6-13-25)46-41(47-40)31-18-11-17-29-28-16-9-10-19-35(28)48-37(29)31/h3-24H,1-2H3. The third-order valence-corrected chi connectivity index (χ3v) is 12.1. The van der Waals surface area contributed by atoms with E-state index in [9.17, 15) is 0 Å². The number of hydrogen-bond acceptors (Lipinski definition) is 6. The first-order chi connectivity index (χ1) is 24.0. The molecule has 0 unspecified atom stereocenters. The Hall–Kier alpha value is -5.56. The van der Waals surface area contributed by atoms with Gasteiger partial charge in [-0.3, -0.25) is 0 Å². The summed E-state index contributed by atoms with van der Waals surface area (Å²) in [6.45, 7) is 4.64. The van der Waals surface area contributed by atoms with Gasteiger partial charge in [0.1, 0.15) is 5.01 Å². The summed E-state index contributed by atoms with van der Waals surface area (Å²) >= 11 is 3.57. The summed E-state index contributed by atoms with van der Waals surface area (Å²) in [7, 11) is 0. The summed E-state index contributed by atoms with van der Waals surface area (Å²) in [5.74, 6) is 2.02. The van der Waals surface area contributed by atoms with Crippen LogP contribution >= 0.6 is 22.7 Å². The summed E-state index contributed by atoms with van der Waals surface area (Å²) in [6.07, 6.45) is 0. The van der Waals surface area contributed by atoms with Gasteiger partial charge in [-0.25, -0.2) is 19.9 Å². The van der Waals surface area contributed by atoms with Gasteiger partial charge in [0.05, 0.1) is 10.2 Å². The van der Waals surface area contributed by atoms with E-state index in [1.165, 1.54) is 47.1 Å². The Morgan fingerprint density at radius 1 is 0.469 bits per heavy atom. The van der Waals surface area contributed by atoms with Gasteiger partial charge in [0.15, 0.2) is 17.5 Å². The lowest BCUT2D eigenvalue weighted by molar-refractivity contribution is 0.661. The van der Waals surface area contributed by atoms with E-state index in [-0.39, 0.29) is 5.41 Å². The number of benzene rings is 6. The zero-order chi connectivity index (χ0) is 32.7. The van der Waals surface area contributed by atoms with E-state index >= 15 is 0 Å². The van der Waals surface area contributed by atoms with E-state index in [0.29, 0.717) is 17.5 Å². The highest BCUT2D eigenvalue weighted by molar-refractivity contribution is 7.26. The van der Waals surface area contributed by atoms with Crippen molar-refractivity contribution in [3.63, 3.8) is 0 Å². The Balaban J connectivity index is 1.16. The molecule has 0 bridgehead atoms. The first-order valence-electron chi connectivity index (χ1n) is 16.4. The lowest BCUT2D eigenvalue weighted by Crippen LogP contribution is -2.15. The van der Waals surface area contributed by atoms with Crippen molar-refractivity contribution in [1.29, 1.82) is 0 Å². The molecule has 0 radical (unpaired) electrons. The molecular weight excluding hydrogens is 637 g/mol. The van der Waals surface area contributed by atoms with Gasteiger partial charge in [0.25, 0.3) is 0 Å². The lowest BCUT2D eigenvalue weighted by Gasteiger charge is -2.22. The molecule has 0 spiro atoms. The number of thiazole rings is 1. The van der Waals surface area contributed by atoms with Crippen LogP contribution in [0.1, 0.15) is 25.0 Å². The van der Waals surface area contributed by atoms with Crippen LogP contribution in [0.15, 0.2) is 133 Å². The van der Waals surface area contributed by atoms with E-state index in [1.54, 1.807) is 22.7 Å². The third-order valence-electron chi connectivity index (χ3n) is 9.78. The molecule has 0 amide bonds. The van der Waals surface area contributed by atoms with Gasteiger partial charge in [-0.15, -0.1) is 22.7 Å². The topological polar surface area (TPSA) is 51.6 Å². The summed E-state index contributed by atoms with van der Waals surface area (Å²) in [5, 5.41) is 3.53. The minimum atomic E-state index is -0.202. The SMILES string of the molecule is CC1(C)c2cc(-c3nc(-c4ccccc4)nc(-c4cccc5c4sc4ccccc45)n3)ccc2-c2c1ccc1nc(-c3ccccc3)sc21. The first kappa shape index (κ1) is 28.5. The smallest absolute Gasteiger partial charge is 0.165 e. The monoisotopic (exact) mass is 664 g/mol. The van der Waals surface area contributed by atoms with Gasteiger partial charge in [-0.05, 0) is 41.0 Å². The zero-order valence-corrected chi connectivity index (χ0v) is 28.4. The van der Waals surface area contributed by atoms with Crippen LogP contribution in [-0.2, 0) is 5.41 Å². The molecule has 3 heterocycles. The largest absolute Gasteiger partial charge is 0.236 e. The van der Waals surface area contributed by atoms with Gasteiger partial charge in [0, 0.05) is 53.4 Å². The molecule has 3 aromatic heterocycles. The normalized spacial score (nSPS) is 13.3. The number of aromatic nitrogens is 4. The quantitative estimate of drug-likeness (QED) is 0.188. The Labute approximate surface area is 291 Å². The van der Waals surface area contributed by atoms with E-state index < -0.39 is 0 Å². The van der Waals surface area contributed by atoms with Crippen molar-refractivity contribution in [2.45, 2.75) is 19.3 Å². The fourth-order valence-electron chi connectivity index (χ4n) is 7.31. The van der Waals surface area contributed by atoms with Gasteiger partial charge in [0.2, 0.25) is 0 Å². The van der Waals surface area contributed by atoms with Crippen LogP contribution in [0.3, 0.4) is 0 Å². The number of thiophene rings is 1. The number of hydrogen-bond donors (Lipinski definition) is 0. The van der Waals surface area contributed by atoms with Crippen LogP contribution in [-0.4, -0.2) is 19.9 Å². The van der Waals surface area contributed by atoms with E-state index in [4.69, 9.17) is 19.9 Å². The second kappa shape index (κ2) is 10.7. The Morgan fingerprint density at radius 2 is 1.16 bits per heavy atom. The minimum Gasteiger partial charge on any atom is -0.236 e. The van der Waals surface area contributed by atoms with Gasteiger partial charge in [-0.1, -0.05) is 123 Å². The molecule has 10 rings (SSSR count). The maximum Gasteiger partial charge on any atom is 0.165 e. The molecule has 4 nitrogen and oxygen atoms in total. The predicted molar refractivity (Wildman–Crippen MR) is 205 cm³/mol. The average molecular weight is 665 g/mol. The van der Waals surface area contributed by atoms with Crippen molar-refractivity contribution in [1.82, 2.24) is 19.9 Å². The van der Waals surface area contributed by atoms with Gasteiger partial charge in [-0.2, -0.15) is 0 Å². The van der Waals surface area contributed by atoms with Crippen LogP contribution < -0.4 is 0 Å². The zero-order valence-electron chi connectivity index (χ0n) is 26.8. The number of nitrogens with zero attached hydrogens (tertiary/aromatic N) is 4. The molecule has 9 aromatic rings. The Bertz CT molecular complexity index is 2740. The summed E-state index contributed by atoms with van der Waals surface area (Å²) < 4.78 is 3.68. The highest BCUT2D eigenvalue weighted by Crippen LogP contribution is 2.53. The number of rotatable bonds is 4. The van der Waals surface area contributed by atoms with Crippen molar-refractivity contribution in [2.24, 2.45) is 0 Å². The van der Waals surface area contributed by atoms with Crippen molar-refractivity contribution in [3.05, 3.63) is 145 Å². The fourth-order valence-corrected chi connectivity index (χ4v) is 9.66. The second-order valence-electron chi connectivity index (χ2n) is 13.1. The fraction of sp³-hybridized carbons (Fsp3) is 0.0698. The molecule has 0 aliphatic heterocycles. The molecular formula is C43H28N4S2. The Morgan fingerprint density at radius 3 is 1.98 bits per heavy atom. The molecule has 49 heavy (non-hydrogen) atoms. The minimum absolute atomic E-state index is 0.202. The van der Waals surface area contributed by atoms with Gasteiger partial charge >= 0.3 is 0 Å². The average Bonchev–Trinajstić information content (AvgIpc) is 3.82. The lowest BCUT2D eigenvalue weighted by atomic mass is 9.82. The molecule has 1 aliphatic carbocycles. The summed E-state index contributed by atoms with van der Waals surface area (Å²) in [6, 6.07) is 46.9. The molecule has 0 atom stereocenters. The maximum absolute atomic E-state index is 5.21. The number of fused-ring (bicyclic) bond motifs is 8. The summed E-state index contributed by atoms with van der Waals surface area (Å²) in [5.41, 5.74) is 10.1. The van der Waals surface area contributed by atoms with Crippen molar-refractivity contribution in [2.75, 3.05) is 0 Å². The molecule has 0 saturated heterocycles. The van der Waals surface area contributed by atoms with Crippen LogP contribution in [0.4, 0.5) is 0 Å². The third kappa shape index (κ3) is 4.41. The van der Waals surface area contributed by atoms with Crippen LogP contribution in [0.25, 0.3) is 86.3 Å². The maximum atomic E-state index is 5.21. The molecule has 232 valence electrons. The molecule has 6 aromatic carbocycles. The summed E-state index contributed by atoms with van der Waals surface area (Å²) in [4.78, 5) is 20.5. The molecule has 1 aliphatic rings. The van der Waals surface area contributed by atoms with E-state index in [0.717, 1.165) is 32.8 Å². The molecule has 0 fully saturated rings. The first-order valence-corrected chi connectivity index (χ1v) is 18.0. The highest BCUT2D eigenvalue weighted by Gasteiger charge is 2.37. The van der Waals surface area contributed by atoms with Crippen molar-refractivity contribution >= 4 is 53.1 Å².